The van der Waals surface area contributed by atoms with Gasteiger partial charge in [0.05, 0.1) is 12.2 Å². The lowest BCUT2D eigenvalue weighted by atomic mass is 9.49. The first kappa shape index (κ1) is 18.3. The Hall–Kier alpha value is -0.453. The summed E-state index contributed by atoms with van der Waals surface area (Å²) in [5, 5.41) is 0. The summed E-state index contributed by atoms with van der Waals surface area (Å²) in [6.07, 6.45) is 7.57. The van der Waals surface area contributed by atoms with Gasteiger partial charge in [0.1, 0.15) is 0 Å². The molecule has 0 aromatic carbocycles. The normalized spacial score (nSPS) is 43.0. The molecule has 0 radical (unpaired) electrons. The van der Waals surface area contributed by atoms with E-state index in [2.05, 4.69) is 33.5 Å². The maximum atomic E-state index is 12.1. The molecule has 0 spiro atoms. The van der Waals surface area contributed by atoms with Crippen molar-refractivity contribution in [2.45, 2.75) is 77.8 Å². The van der Waals surface area contributed by atoms with E-state index in [1.54, 1.807) is 0 Å². The van der Waals surface area contributed by atoms with Gasteiger partial charge in [0.25, 0.3) is 0 Å². The molecule has 0 aromatic heterocycles. The van der Waals surface area contributed by atoms with Crippen molar-refractivity contribution in [3.8, 4) is 0 Å². The fraction of sp³-hybridized carbons (Fsp3) is 0.850. The zero-order valence-electron chi connectivity index (χ0n) is 16.2. The number of fused-ring (bicyclic) bond motifs is 3. The topological polar surface area (TPSA) is 35.5 Å². The predicted octanol–water partition coefficient (Wildman–Crippen LogP) is 4.58. The zero-order valence-corrected chi connectivity index (χ0v) is 17.2. The van der Waals surface area contributed by atoms with Crippen LogP contribution < -0.4 is 0 Å². The van der Waals surface area contributed by atoms with Crippen LogP contribution in [0, 0.1) is 23.2 Å². The molecule has 0 N–H and O–H groups in total. The number of carbonyl (C=O) groups excluding carboxylic acids is 1. The average molecular weight is 351 g/mol. The van der Waals surface area contributed by atoms with Gasteiger partial charge in [0.15, 0.2) is 14.1 Å². The van der Waals surface area contributed by atoms with Crippen molar-refractivity contribution >= 4 is 14.1 Å². The second-order valence-corrected chi connectivity index (χ2v) is 13.9. The summed E-state index contributed by atoms with van der Waals surface area (Å²) in [6, 6.07) is 0. The molecule has 3 aliphatic carbocycles. The molecule has 136 valence electrons. The minimum Gasteiger partial charge on any atom is -0.411 e. The summed E-state index contributed by atoms with van der Waals surface area (Å²) in [4.78, 5) is 12.1. The molecule has 3 aliphatic rings. The molecular formula is C20H34O3Si. The van der Waals surface area contributed by atoms with Gasteiger partial charge in [-0.1, -0.05) is 13.8 Å². The molecule has 6 atom stereocenters. The molecule has 0 bridgehead atoms. The molecule has 0 amide bonds. The minimum absolute atomic E-state index is 0.141. The molecule has 2 saturated carbocycles. The summed E-state index contributed by atoms with van der Waals surface area (Å²) >= 11 is 0. The summed E-state index contributed by atoms with van der Waals surface area (Å²) < 4.78 is 12.4. The van der Waals surface area contributed by atoms with Gasteiger partial charge in [-0.3, -0.25) is 4.79 Å². The first-order chi connectivity index (χ1) is 11.2. The summed E-state index contributed by atoms with van der Waals surface area (Å²) in [5.74, 6) is 1.98. The Kier molecular flexibility index (Phi) is 4.87. The molecule has 2 fully saturated rings. The van der Waals surface area contributed by atoms with Crippen LogP contribution in [0.3, 0.4) is 0 Å². The maximum Gasteiger partial charge on any atom is 0.184 e. The highest BCUT2D eigenvalue weighted by Gasteiger charge is 2.55. The van der Waals surface area contributed by atoms with Gasteiger partial charge < -0.3 is 9.16 Å². The smallest absolute Gasteiger partial charge is 0.184 e. The Balaban J connectivity index is 1.97. The van der Waals surface area contributed by atoms with E-state index >= 15 is 0 Å². The van der Waals surface area contributed by atoms with Gasteiger partial charge in [-0.2, -0.15) is 0 Å². The van der Waals surface area contributed by atoms with E-state index in [1.807, 2.05) is 13.2 Å². The molecule has 24 heavy (non-hydrogen) atoms. The number of allylic oxidation sites excluding steroid dienone is 1. The average Bonchev–Trinajstić information content (AvgIpc) is 2.48. The van der Waals surface area contributed by atoms with Crippen LogP contribution in [0.4, 0.5) is 0 Å². The van der Waals surface area contributed by atoms with E-state index in [0.717, 1.165) is 19.3 Å². The Bertz CT molecular complexity index is 535. The van der Waals surface area contributed by atoms with Crippen molar-refractivity contribution in [1.29, 1.82) is 0 Å². The monoisotopic (exact) mass is 350 g/mol. The highest BCUT2D eigenvalue weighted by Crippen LogP contribution is 2.60. The fourth-order valence-electron chi connectivity index (χ4n) is 5.76. The molecule has 3 nitrogen and oxygen atoms in total. The number of ketones is 1. The van der Waals surface area contributed by atoms with E-state index in [0.29, 0.717) is 41.5 Å². The van der Waals surface area contributed by atoms with E-state index in [1.165, 1.54) is 12.0 Å². The van der Waals surface area contributed by atoms with E-state index in [-0.39, 0.29) is 6.10 Å². The zero-order chi connectivity index (χ0) is 17.7. The molecule has 3 rings (SSSR count). The predicted molar refractivity (Wildman–Crippen MR) is 99.4 cm³/mol. The van der Waals surface area contributed by atoms with Crippen molar-refractivity contribution in [2.24, 2.45) is 23.2 Å². The SMILES string of the molecule is COC1CCC2(C)C3CCC(=O)C=C3C(O[Si](C)(C)C)CC2C1C. The van der Waals surface area contributed by atoms with Gasteiger partial charge in [-0.25, -0.2) is 0 Å². The lowest BCUT2D eigenvalue weighted by Gasteiger charge is -2.58. The van der Waals surface area contributed by atoms with Gasteiger partial charge in [0.2, 0.25) is 0 Å². The minimum atomic E-state index is -1.65. The van der Waals surface area contributed by atoms with Crippen molar-refractivity contribution in [3.63, 3.8) is 0 Å². The lowest BCUT2D eigenvalue weighted by molar-refractivity contribution is -0.121. The lowest BCUT2D eigenvalue weighted by Crippen LogP contribution is -2.55. The van der Waals surface area contributed by atoms with Crippen LogP contribution in [0.15, 0.2) is 11.6 Å². The Morgan fingerprint density at radius 2 is 1.96 bits per heavy atom. The third kappa shape index (κ3) is 3.17. The molecular weight excluding hydrogens is 316 g/mol. The Labute approximate surface area is 148 Å². The van der Waals surface area contributed by atoms with Crippen LogP contribution >= 0.6 is 0 Å². The first-order valence-electron chi connectivity index (χ1n) is 9.60. The van der Waals surface area contributed by atoms with Gasteiger partial charge in [-0.15, -0.1) is 0 Å². The summed E-state index contributed by atoms with van der Waals surface area (Å²) in [6.45, 7) is 11.6. The second kappa shape index (κ2) is 6.37. The van der Waals surface area contributed by atoms with Crippen LogP contribution in [0.2, 0.25) is 19.6 Å². The number of carbonyl (C=O) groups is 1. The van der Waals surface area contributed by atoms with Crippen molar-refractivity contribution in [2.75, 3.05) is 7.11 Å². The highest BCUT2D eigenvalue weighted by atomic mass is 28.4. The van der Waals surface area contributed by atoms with E-state index in [9.17, 15) is 4.79 Å². The van der Waals surface area contributed by atoms with Gasteiger partial charge >= 0.3 is 0 Å². The number of ether oxygens (including phenoxy) is 1. The Morgan fingerprint density at radius 3 is 2.58 bits per heavy atom. The van der Waals surface area contributed by atoms with Crippen LogP contribution in [0.1, 0.15) is 46.0 Å². The highest BCUT2D eigenvalue weighted by molar-refractivity contribution is 6.69. The van der Waals surface area contributed by atoms with E-state index in [4.69, 9.17) is 9.16 Å². The molecule has 4 heteroatoms. The van der Waals surface area contributed by atoms with Crippen molar-refractivity contribution in [1.82, 2.24) is 0 Å². The molecule has 0 saturated heterocycles. The maximum absolute atomic E-state index is 12.1. The number of hydrogen-bond donors (Lipinski definition) is 0. The summed E-state index contributed by atoms with van der Waals surface area (Å²) in [7, 11) is 0.200. The van der Waals surface area contributed by atoms with Crippen LogP contribution in [-0.4, -0.2) is 33.4 Å². The third-order valence-electron chi connectivity index (χ3n) is 6.88. The molecule has 0 aromatic rings. The Morgan fingerprint density at radius 1 is 1.25 bits per heavy atom. The second-order valence-electron chi connectivity index (χ2n) is 9.44. The van der Waals surface area contributed by atoms with Gasteiger partial charge in [0, 0.05) is 13.5 Å². The number of rotatable bonds is 3. The number of methoxy groups -OCH3 is 1. The van der Waals surface area contributed by atoms with Crippen LogP contribution in [0.5, 0.6) is 0 Å². The molecule has 0 heterocycles. The number of hydrogen-bond acceptors (Lipinski definition) is 3. The van der Waals surface area contributed by atoms with Gasteiger partial charge in [-0.05, 0) is 80.1 Å². The summed E-state index contributed by atoms with van der Waals surface area (Å²) in [5.41, 5.74) is 1.61. The third-order valence-corrected chi connectivity index (χ3v) is 7.87. The van der Waals surface area contributed by atoms with Crippen LogP contribution in [-0.2, 0) is 14.0 Å². The first-order valence-corrected chi connectivity index (χ1v) is 13.0. The van der Waals surface area contributed by atoms with Crippen LogP contribution in [0.25, 0.3) is 0 Å². The fourth-order valence-corrected chi connectivity index (χ4v) is 6.85. The quantitative estimate of drug-likeness (QED) is 0.699. The van der Waals surface area contributed by atoms with Crippen molar-refractivity contribution < 1.29 is 14.0 Å². The molecule has 6 unspecified atom stereocenters. The largest absolute Gasteiger partial charge is 0.411 e. The van der Waals surface area contributed by atoms with E-state index < -0.39 is 8.32 Å². The standard InChI is InChI=1S/C20H34O3Si/c1-13-17-12-19(23-24(4,5)6)15-11-14(21)7-8-16(15)20(17,2)10-9-18(13)22-3/h11,13,16-19H,7-10,12H2,1-6H3. The van der Waals surface area contributed by atoms with Crippen molar-refractivity contribution in [3.05, 3.63) is 11.6 Å². The molecule has 0 aliphatic heterocycles.